The van der Waals surface area contributed by atoms with Crippen LogP contribution in [0.3, 0.4) is 0 Å². The number of fused-ring (bicyclic) bond motifs is 1. The van der Waals surface area contributed by atoms with Crippen molar-refractivity contribution < 1.29 is 10.0 Å². The molecule has 5 nitrogen and oxygen atoms in total. The first-order chi connectivity index (χ1) is 9.68. The molecule has 0 saturated carbocycles. The van der Waals surface area contributed by atoms with E-state index in [0.29, 0.717) is 10.9 Å². The van der Waals surface area contributed by atoms with Crippen LogP contribution in [-0.4, -0.2) is 15.0 Å². The fourth-order valence-electron chi connectivity index (χ4n) is 2.25. The standard InChI is InChI=1S/C15H10N2O3/c18-13-7-6-12(17(19)20)14-11(8-9-16-15(13)14)10-4-2-1-3-5-10/h1-9,18H. The number of aromatic nitrogens is 1. The molecule has 1 heterocycles. The summed E-state index contributed by atoms with van der Waals surface area (Å²) < 4.78 is 0. The predicted octanol–water partition coefficient (Wildman–Crippen LogP) is 3.52. The molecule has 0 radical (unpaired) electrons. The molecule has 1 N–H and O–H groups in total. The van der Waals surface area contributed by atoms with Gasteiger partial charge in [0.25, 0.3) is 5.69 Å². The van der Waals surface area contributed by atoms with E-state index in [9.17, 15) is 15.2 Å². The van der Waals surface area contributed by atoms with Crippen LogP contribution in [0.4, 0.5) is 5.69 Å². The third-order valence-electron chi connectivity index (χ3n) is 3.13. The minimum Gasteiger partial charge on any atom is -0.506 e. The Morgan fingerprint density at radius 3 is 2.50 bits per heavy atom. The van der Waals surface area contributed by atoms with Gasteiger partial charge in [0.2, 0.25) is 0 Å². The molecule has 0 unspecified atom stereocenters. The highest BCUT2D eigenvalue weighted by atomic mass is 16.6. The highest BCUT2D eigenvalue weighted by Crippen LogP contribution is 2.37. The molecule has 0 bridgehead atoms. The maximum Gasteiger partial charge on any atom is 0.279 e. The van der Waals surface area contributed by atoms with Crippen molar-refractivity contribution in [3.05, 3.63) is 64.8 Å². The number of rotatable bonds is 2. The Bertz CT molecular complexity index is 801. The van der Waals surface area contributed by atoms with E-state index in [1.807, 2.05) is 30.3 Å². The third-order valence-corrected chi connectivity index (χ3v) is 3.13. The van der Waals surface area contributed by atoms with Gasteiger partial charge in [-0.05, 0) is 23.3 Å². The van der Waals surface area contributed by atoms with E-state index in [-0.39, 0.29) is 17.0 Å². The number of pyridine rings is 1. The lowest BCUT2D eigenvalue weighted by atomic mass is 10.00. The summed E-state index contributed by atoms with van der Waals surface area (Å²) in [5, 5.41) is 21.4. The lowest BCUT2D eigenvalue weighted by Gasteiger charge is -2.07. The zero-order valence-electron chi connectivity index (χ0n) is 10.4. The number of nitrogens with zero attached hydrogens (tertiary/aromatic N) is 2. The summed E-state index contributed by atoms with van der Waals surface area (Å²) >= 11 is 0. The van der Waals surface area contributed by atoms with E-state index < -0.39 is 4.92 Å². The monoisotopic (exact) mass is 266 g/mol. The molecule has 3 aromatic rings. The van der Waals surface area contributed by atoms with Gasteiger partial charge in [-0.1, -0.05) is 30.3 Å². The Labute approximate surface area is 114 Å². The van der Waals surface area contributed by atoms with E-state index in [1.54, 1.807) is 6.07 Å². The number of hydrogen-bond acceptors (Lipinski definition) is 4. The van der Waals surface area contributed by atoms with Crippen LogP contribution >= 0.6 is 0 Å². The molecule has 0 atom stereocenters. The number of nitro groups is 1. The van der Waals surface area contributed by atoms with Crippen LogP contribution in [0.5, 0.6) is 5.75 Å². The van der Waals surface area contributed by atoms with E-state index in [4.69, 9.17) is 0 Å². The molecule has 0 spiro atoms. The van der Waals surface area contributed by atoms with Gasteiger partial charge in [0.1, 0.15) is 11.3 Å². The van der Waals surface area contributed by atoms with Crippen LogP contribution in [0.25, 0.3) is 22.0 Å². The average Bonchev–Trinajstić information content (AvgIpc) is 2.48. The van der Waals surface area contributed by atoms with Crippen molar-refractivity contribution in [2.75, 3.05) is 0 Å². The van der Waals surface area contributed by atoms with Crippen molar-refractivity contribution in [3.63, 3.8) is 0 Å². The summed E-state index contributed by atoms with van der Waals surface area (Å²) in [5.74, 6) is -0.0663. The Hall–Kier alpha value is -2.95. The van der Waals surface area contributed by atoms with Gasteiger partial charge in [-0.15, -0.1) is 0 Å². The van der Waals surface area contributed by atoms with E-state index in [1.165, 1.54) is 18.3 Å². The van der Waals surface area contributed by atoms with Crippen molar-refractivity contribution in [1.29, 1.82) is 0 Å². The summed E-state index contributed by atoms with van der Waals surface area (Å²) in [6.07, 6.45) is 1.54. The summed E-state index contributed by atoms with van der Waals surface area (Å²) in [4.78, 5) is 14.8. The van der Waals surface area contributed by atoms with Gasteiger partial charge in [-0.2, -0.15) is 0 Å². The lowest BCUT2D eigenvalue weighted by Crippen LogP contribution is -1.93. The molecular formula is C15H10N2O3. The third kappa shape index (κ3) is 1.85. The second-order valence-corrected chi connectivity index (χ2v) is 4.31. The molecule has 98 valence electrons. The van der Waals surface area contributed by atoms with Gasteiger partial charge in [-0.25, -0.2) is 0 Å². The highest BCUT2D eigenvalue weighted by Gasteiger charge is 2.19. The summed E-state index contributed by atoms with van der Waals surface area (Å²) in [6.45, 7) is 0. The minimum atomic E-state index is -0.462. The first-order valence-electron chi connectivity index (χ1n) is 5.99. The van der Waals surface area contributed by atoms with Gasteiger partial charge in [-0.3, -0.25) is 15.1 Å². The van der Waals surface area contributed by atoms with Gasteiger partial charge in [0.05, 0.1) is 10.3 Å². The molecule has 0 aliphatic heterocycles. The topological polar surface area (TPSA) is 76.3 Å². The number of nitro benzene ring substituents is 1. The Kier molecular flexibility index (Phi) is 2.80. The van der Waals surface area contributed by atoms with Crippen LogP contribution in [0.15, 0.2) is 54.7 Å². The number of aromatic hydroxyl groups is 1. The zero-order chi connectivity index (χ0) is 14.1. The SMILES string of the molecule is O=[N+]([O-])c1ccc(O)c2nccc(-c3ccccc3)c12. The molecule has 3 rings (SSSR count). The molecule has 1 aromatic heterocycles. The molecule has 0 aliphatic rings. The molecule has 5 heteroatoms. The van der Waals surface area contributed by atoms with E-state index >= 15 is 0 Å². The van der Waals surface area contributed by atoms with Crippen LogP contribution in [0.2, 0.25) is 0 Å². The quantitative estimate of drug-likeness (QED) is 0.568. The Morgan fingerprint density at radius 2 is 1.80 bits per heavy atom. The molecular weight excluding hydrogens is 256 g/mol. The maximum atomic E-state index is 11.2. The molecule has 0 amide bonds. The summed E-state index contributed by atoms with van der Waals surface area (Å²) in [7, 11) is 0. The highest BCUT2D eigenvalue weighted by molar-refractivity contribution is 6.03. The molecule has 2 aromatic carbocycles. The van der Waals surface area contributed by atoms with Crippen LogP contribution in [0, 0.1) is 10.1 Å². The average molecular weight is 266 g/mol. The first kappa shape index (κ1) is 12.1. The number of phenolic OH excluding ortho intramolecular Hbond substituents is 1. The predicted molar refractivity (Wildman–Crippen MR) is 75.5 cm³/mol. The van der Waals surface area contributed by atoms with Gasteiger partial charge in [0.15, 0.2) is 0 Å². The van der Waals surface area contributed by atoms with Crippen molar-refractivity contribution >= 4 is 16.6 Å². The van der Waals surface area contributed by atoms with Gasteiger partial charge >= 0.3 is 0 Å². The van der Waals surface area contributed by atoms with Crippen LogP contribution < -0.4 is 0 Å². The van der Waals surface area contributed by atoms with E-state index in [0.717, 1.165) is 5.56 Å². The zero-order valence-corrected chi connectivity index (χ0v) is 10.4. The van der Waals surface area contributed by atoms with Crippen molar-refractivity contribution in [3.8, 4) is 16.9 Å². The van der Waals surface area contributed by atoms with Crippen molar-refractivity contribution in [1.82, 2.24) is 4.98 Å². The number of hydrogen-bond donors (Lipinski definition) is 1. The molecule has 0 saturated heterocycles. The molecule has 0 aliphatic carbocycles. The van der Waals surface area contributed by atoms with Crippen molar-refractivity contribution in [2.45, 2.75) is 0 Å². The summed E-state index contributed by atoms with van der Waals surface area (Å²) in [5.41, 5.74) is 1.69. The lowest BCUT2D eigenvalue weighted by molar-refractivity contribution is -0.383. The Balaban J connectivity index is 2.44. The summed E-state index contributed by atoms with van der Waals surface area (Å²) in [6, 6.07) is 13.6. The van der Waals surface area contributed by atoms with Crippen LogP contribution in [-0.2, 0) is 0 Å². The van der Waals surface area contributed by atoms with Crippen molar-refractivity contribution in [2.24, 2.45) is 0 Å². The Morgan fingerprint density at radius 1 is 1.05 bits per heavy atom. The first-order valence-corrected chi connectivity index (χ1v) is 5.99. The normalized spacial score (nSPS) is 10.6. The van der Waals surface area contributed by atoms with Gasteiger partial charge < -0.3 is 5.11 Å². The second-order valence-electron chi connectivity index (χ2n) is 4.31. The fraction of sp³-hybridized carbons (Fsp3) is 0. The smallest absolute Gasteiger partial charge is 0.279 e. The number of phenols is 1. The largest absolute Gasteiger partial charge is 0.506 e. The number of non-ortho nitro benzene ring substituents is 1. The second kappa shape index (κ2) is 4.62. The fourth-order valence-corrected chi connectivity index (χ4v) is 2.25. The molecule has 0 fully saturated rings. The van der Waals surface area contributed by atoms with Gasteiger partial charge in [0, 0.05) is 12.3 Å². The van der Waals surface area contributed by atoms with Crippen LogP contribution in [0.1, 0.15) is 0 Å². The minimum absolute atomic E-state index is 0.0650. The maximum absolute atomic E-state index is 11.2. The number of benzene rings is 2. The molecule has 20 heavy (non-hydrogen) atoms. The van der Waals surface area contributed by atoms with E-state index in [2.05, 4.69) is 4.98 Å².